The summed E-state index contributed by atoms with van der Waals surface area (Å²) in [7, 11) is 1.38. The zero-order chi connectivity index (χ0) is 47.5. The van der Waals surface area contributed by atoms with Crippen LogP contribution in [0.1, 0.15) is 84.4 Å². The Morgan fingerprint density at radius 1 is 0.939 bits per heavy atom. The fourth-order valence-electron chi connectivity index (χ4n) is 8.31. The molecule has 0 spiro atoms. The van der Waals surface area contributed by atoms with Crippen LogP contribution in [0.3, 0.4) is 0 Å². The number of nitrogens with one attached hydrogen (secondary N) is 4. The number of nitriles is 1. The first kappa shape index (κ1) is 48.4. The van der Waals surface area contributed by atoms with Crippen molar-refractivity contribution in [2.45, 2.75) is 96.0 Å². The first-order valence-electron chi connectivity index (χ1n) is 22.2. The molecule has 66 heavy (non-hydrogen) atoms. The van der Waals surface area contributed by atoms with Crippen LogP contribution in [0.25, 0.3) is 22.5 Å². The normalized spacial score (nSPS) is 18.0. The third kappa shape index (κ3) is 11.6. The van der Waals surface area contributed by atoms with Crippen LogP contribution < -0.4 is 42.2 Å². The average molecular weight is 903 g/mol. The maximum atomic E-state index is 14.6. The van der Waals surface area contributed by atoms with Crippen molar-refractivity contribution in [3.05, 3.63) is 88.7 Å². The molecule has 1 aliphatic carbocycles. The number of nitrogens with two attached hydrogens (primary N) is 2. The van der Waals surface area contributed by atoms with Crippen molar-refractivity contribution in [1.29, 1.82) is 5.26 Å². The molecule has 1 aliphatic heterocycles. The van der Waals surface area contributed by atoms with E-state index >= 15 is 0 Å². The lowest BCUT2D eigenvalue weighted by Crippen LogP contribution is -2.56. The number of carbonyl (C=O) groups is 5. The second-order valence-electron chi connectivity index (χ2n) is 16.6. The molecule has 0 radical (unpaired) electrons. The Morgan fingerprint density at radius 2 is 1.65 bits per heavy atom. The van der Waals surface area contributed by atoms with Gasteiger partial charge in [0.15, 0.2) is 5.82 Å². The minimum atomic E-state index is -1.44. The average Bonchev–Trinajstić information content (AvgIpc) is 3.30. The molecule has 9 N–H and O–H groups in total. The van der Waals surface area contributed by atoms with Crippen molar-refractivity contribution in [3.63, 3.8) is 0 Å². The van der Waals surface area contributed by atoms with Gasteiger partial charge in [0.25, 0.3) is 5.91 Å². The molecule has 1 fully saturated rings. The third-order valence-corrected chi connectivity index (χ3v) is 11.7. The van der Waals surface area contributed by atoms with Gasteiger partial charge in [0, 0.05) is 36.7 Å². The van der Waals surface area contributed by atoms with Crippen LogP contribution in [0.4, 0.5) is 0 Å². The van der Waals surface area contributed by atoms with Gasteiger partial charge in [-0.25, -0.2) is 9.97 Å². The number of aromatic nitrogens is 2. The molecule has 4 atom stereocenters. The summed E-state index contributed by atoms with van der Waals surface area (Å²) in [6.07, 6.45) is 5.78. The molecule has 348 valence electrons. The van der Waals surface area contributed by atoms with Crippen molar-refractivity contribution in [1.82, 2.24) is 36.1 Å². The molecule has 4 bridgehead atoms. The second kappa shape index (κ2) is 22.2. The fraction of sp³-hybridized carbons (Fsp3) is 0.417. The number of amides is 5. The lowest BCUT2D eigenvalue weighted by Gasteiger charge is -2.32. The third-order valence-electron chi connectivity index (χ3n) is 11.7. The number of hydrogen-bond donors (Lipinski definition) is 7. The number of fused-ring (bicyclic) bond motifs is 5. The number of aryl methyl sites for hydroxylation is 2. The van der Waals surface area contributed by atoms with Gasteiger partial charge in [-0.3, -0.25) is 24.0 Å². The molecule has 2 aliphatic rings. The Bertz CT molecular complexity index is 2450. The van der Waals surface area contributed by atoms with Gasteiger partial charge in [-0.1, -0.05) is 18.6 Å². The molecule has 5 amide bonds. The number of carbonyl (C=O) groups excluding carboxylic acids is 5. The Kier molecular flexibility index (Phi) is 16.3. The number of phenolic OH excluding ortho intramolecular Hbond substituents is 1. The van der Waals surface area contributed by atoms with Gasteiger partial charge in [0.2, 0.25) is 23.6 Å². The molecule has 1 aromatic heterocycles. The summed E-state index contributed by atoms with van der Waals surface area (Å²) in [5, 5.41) is 31.1. The predicted octanol–water partition coefficient (Wildman–Crippen LogP) is 3.01. The maximum Gasteiger partial charge on any atom is 0.255 e. The fourth-order valence-corrected chi connectivity index (χ4v) is 8.31. The highest BCUT2D eigenvalue weighted by Crippen LogP contribution is 2.39. The summed E-state index contributed by atoms with van der Waals surface area (Å²) < 4.78 is 12.1. The van der Waals surface area contributed by atoms with E-state index in [0.29, 0.717) is 34.1 Å². The molecule has 3 aromatic carbocycles. The minimum Gasteiger partial charge on any atom is -0.507 e. The van der Waals surface area contributed by atoms with Crippen LogP contribution in [0.15, 0.2) is 60.7 Å². The number of phenols is 1. The van der Waals surface area contributed by atoms with Gasteiger partial charge in [0.1, 0.15) is 54.6 Å². The van der Waals surface area contributed by atoms with Crippen molar-refractivity contribution < 1.29 is 38.6 Å². The summed E-state index contributed by atoms with van der Waals surface area (Å²) in [6, 6.07) is 13.7. The van der Waals surface area contributed by atoms with Crippen LogP contribution in [-0.2, 0) is 25.6 Å². The van der Waals surface area contributed by atoms with E-state index < -0.39 is 53.7 Å². The van der Waals surface area contributed by atoms with E-state index in [1.54, 1.807) is 32.0 Å². The van der Waals surface area contributed by atoms with Crippen molar-refractivity contribution in [3.8, 4) is 45.8 Å². The van der Waals surface area contributed by atoms with Gasteiger partial charge in [-0.15, -0.1) is 0 Å². The highest BCUT2D eigenvalue weighted by molar-refractivity contribution is 6.00. The lowest BCUT2D eigenvalue weighted by molar-refractivity contribution is -0.141. The van der Waals surface area contributed by atoms with E-state index in [2.05, 4.69) is 31.2 Å². The molecular weight excluding hydrogens is 845 g/mol. The lowest BCUT2D eigenvalue weighted by atomic mass is 9.93. The highest BCUT2D eigenvalue weighted by atomic mass is 16.5. The van der Waals surface area contributed by atoms with Crippen LogP contribution >= 0.6 is 0 Å². The quantitative estimate of drug-likeness (QED) is 0.0898. The van der Waals surface area contributed by atoms with E-state index in [0.717, 1.165) is 41.9 Å². The van der Waals surface area contributed by atoms with Crippen molar-refractivity contribution >= 4 is 29.5 Å². The largest absolute Gasteiger partial charge is 0.507 e. The van der Waals surface area contributed by atoms with Gasteiger partial charge in [-0.2, -0.15) is 5.26 Å². The maximum absolute atomic E-state index is 14.6. The van der Waals surface area contributed by atoms with Crippen LogP contribution in [0.2, 0.25) is 0 Å². The summed E-state index contributed by atoms with van der Waals surface area (Å²) in [5.41, 5.74) is 14.8. The molecule has 18 heteroatoms. The number of benzene rings is 3. The standard InChI is InChI=1S/C48H58N10O8/c1-27-41(28(2)54-43(53-27)31-11-14-34(15-12-31)66-33-8-6-5-7-9-33)46(62)56-37(18-19-49)48(64)58(4)42-32-13-16-39(59)35(26-32)36-24-30(10-17-40(36)65-23-21-51)25-38(45(61)52-22-20-50)57-44(60)29(3)55-47(42)63/h10-17,24,26,29,33,37-38,42,59H,5-9,18-19,21-23,25,49,51H2,1-4H3,(H,52,61)(H,55,63)(H,56,62)(H,57,60). The molecule has 6 rings (SSSR count). The van der Waals surface area contributed by atoms with E-state index in [9.17, 15) is 29.1 Å². The zero-order valence-corrected chi connectivity index (χ0v) is 37.7. The Labute approximate surface area is 383 Å². The summed E-state index contributed by atoms with van der Waals surface area (Å²) in [4.78, 5) is 80.5. The Morgan fingerprint density at radius 3 is 2.32 bits per heavy atom. The number of aromatic hydroxyl groups is 1. The molecule has 0 saturated heterocycles. The summed E-state index contributed by atoms with van der Waals surface area (Å²) in [5.74, 6) is -2.14. The Balaban J connectivity index is 1.30. The molecule has 4 aromatic rings. The monoisotopic (exact) mass is 902 g/mol. The number of ether oxygens (including phenoxy) is 2. The van der Waals surface area contributed by atoms with E-state index in [-0.39, 0.29) is 67.6 Å². The van der Waals surface area contributed by atoms with Crippen molar-refractivity contribution in [2.75, 3.05) is 33.3 Å². The first-order valence-corrected chi connectivity index (χ1v) is 22.2. The number of nitrogens with zero attached hydrogens (tertiary/aromatic N) is 4. The van der Waals surface area contributed by atoms with Gasteiger partial charge in [0.05, 0.1) is 29.1 Å². The molecule has 18 nitrogen and oxygen atoms in total. The highest BCUT2D eigenvalue weighted by Gasteiger charge is 2.36. The number of likely N-dealkylation sites (N-methyl/N-ethyl adjacent to an activating group) is 1. The number of hydrogen-bond acceptors (Lipinski definition) is 13. The van der Waals surface area contributed by atoms with Gasteiger partial charge < -0.3 is 52.2 Å². The Hall–Kier alpha value is -7.10. The number of rotatable bonds is 14. The van der Waals surface area contributed by atoms with Crippen LogP contribution in [0.5, 0.6) is 17.2 Å². The predicted molar refractivity (Wildman–Crippen MR) is 245 cm³/mol. The molecule has 2 heterocycles. The van der Waals surface area contributed by atoms with Crippen LogP contribution in [0, 0.1) is 25.2 Å². The molecule has 1 saturated carbocycles. The summed E-state index contributed by atoms with van der Waals surface area (Å²) >= 11 is 0. The van der Waals surface area contributed by atoms with Gasteiger partial charge >= 0.3 is 0 Å². The zero-order valence-electron chi connectivity index (χ0n) is 37.7. The molecule has 4 unspecified atom stereocenters. The smallest absolute Gasteiger partial charge is 0.255 e. The first-order chi connectivity index (χ1) is 31.7. The van der Waals surface area contributed by atoms with E-state index in [4.69, 9.17) is 26.2 Å². The van der Waals surface area contributed by atoms with Gasteiger partial charge in [-0.05, 0) is 119 Å². The van der Waals surface area contributed by atoms with E-state index in [1.807, 2.05) is 30.3 Å². The van der Waals surface area contributed by atoms with E-state index in [1.165, 1.54) is 38.6 Å². The topological polar surface area (TPSA) is 277 Å². The minimum absolute atomic E-state index is 0.0131. The summed E-state index contributed by atoms with van der Waals surface area (Å²) in [6.45, 7) is 4.76. The van der Waals surface area contributed by atoms with Crippen molar-refractivity contribution in [2.24, 2.45) is 11.5 Å². The second-order valence-corrected chi connectivity index (χ2v) is 16.6. The SMILES string of the molecule is Cc1nc(-c2ccc(OC3CCCCC3)cc2)nc(C)c1C(=O)NC(CCN)C(=O)N(C)C1C(=O)NC(C)C(=O)NC(C(=O)NCC#N)Cc2ccc(OCCN)c(c2)-c2cc1ccc2O. The molecular formula is C48H58N10O8. The van der Waals surface area contributed by atoms with Crippen LogP contribution in [-0.4, -0.2) is 107 Å².